The molecule has 2 heteroatoms. The van der Waals surface area contributed by atoms with Gasteiger partial charge in [-0.3, -0.25) is 4.79 Å². The Kier molecular flexibility index (Phi) is 2.10. The highest BCUT2D eigenvalue weighted by Crippen LogP contribution is 2.23. The number of carbonyl (C=O) groups excluding carboxylic acids is 1. The Morgan fingerprint density at radius 1 is 1.70 bits per heavy atom. The summed E-state index contributed by atoms with van der Waals surface area (Å²) in [5.74, 6) is 0.789. The zero-order valence-electron chi connectivity index (χ0n) is 6.26. The number of hydrogen-bond acceptors (Lipinski definition) is 2. The van der Waals surface area contributed by atoms with E-state index in [2.05, 4.69) is 6.92 Å². The van der Waals surface area contributed by atoms with Gasteiger partial charge in [-0.2, -0.15) is 0 Å². The van der Waals surface area contributed by atoms with Crippen molar-refractivity contribution < 1.29 is 4.79 Å². The SMILES string of the molecule is CC1CC/C(=C\N)C(=O)C1. The first-order valence-electron chi connectivity index (χ1n) is 3.68. The van der Waals surface area contributed by atoms with Crippen LogP contribution in [0.4, 0.5) is 0 Å². The van der Waals surface area contributed by atoms with Gasteiger partial charge in [0.25, 0.3) is 0 Å². The molecule has 1 atom stereocenters. The number of carbonyl (C=O) groups is 1. The van der Waals surface area contributed by atoms with Crippen LogP contribution in [0, 0.1) is 5.92 Å². The second-order valence-corrected chi connectivity index (χ2v) is 2.96. The minimum atomic E-state index is 0.237. The number of hydrogen-bond donors (Lipinski definition) is 1. The molecule has 1 aliphatic carbocycles. The van der Waals surface area contributed by atoms with Crippen LogP contribution < -0.4 is 5.73 Å². The fourth-order valence-electron chi connectivity index (χ4n) is 1.27. The third-order valence-electron chi connectivity index (χ3n) is 2.00. The van der Waals surface area contributed by atoms with E-state index in [1.54, 1.807) is 0 Å². The lowest BCUT2D eigenvalue weighted by Gasteiger charge is -2.17. The van der Waals surface area contributed by atoms with Crippen molar-refractivity contribution in [3.05, 3.63) is 11.8 Å². The third kappa shape index (κ3) is 1.38. The van der Waals surface area contributed by atoms with Crippen LogP contribution in [0.25, 0.3) is 0 Å². The van der Waals surface area contributed by atoms with Gasteiger partial charge < -0.3 is 5.73 Å². The van der Waals surface area contributed by atoms with E-state index in [1.165, 1.54) is 6.20 Å². The minimum Gasteiger partial charge on any atom is -0.404 e. The van der Waals surface area contributed by atoms with Gasteiger partial charge in [0, 0.05) is 18.2 Å². The van der Waals surface area contributed by atoms with Crippen molar-refractivity contribution in [3.8, 4) is 0 Å². The van der Waals surface area contributed by atoms with E-state index in [4.69, 9.17) is 5.73 Å². The summed E-state index contributed by atoms with van der Waals surface area (Å²) in [6, 6.07) is 0. The Morgan fingerprint density at radius 3 is 2.90 bits per heavy atom. The summed E-state index contributed by atoms with van der Waals surface area (Å²) in [6.45, 7) is 2.10. The van der Waals surface area contributed by atoms with Crippen molar-refractivity contribution in [1.82, 2.24) is 0 Å². The highest BCUT2D eigenvalue weighted by Gasteiger charge is 2.19. The van der Waals surface area contributed by atoms with Crippen molar-refractivity contribution in [3.63, 3.8) is 0 Å². The molecule has 0 aromatic heterocycles. The van der Waals surface area contributed by atoms with Gasteiger partial charge in [-0.1, -0.05) is 6.92 Å². The topological polar surface area (TPSA) is 43.1 Å². The van der Waals surface area contributed by atoms with Crippen LogP contribution in [0.1, 0.15) is 26.2 Å². The first kappa shape index (κ1) is 7.32. The standard InChI is InChI=1S/C8H13NO/c1-6-2-3-7(5-9)8(10)4-6/h5-6H,2-4,9H2,1H3/b7-5+. The van der Waals surface area contributed by atoms with E-state index in [9.17, 15) is 4.79 Å². The van der Waals surface area contributed by atoms with Gasteiger partial charge in [0.1, 0.15) is 0 Å². The van der Waals surface area contributed by atoms with Crippen LogP contribution in [0.2, 0.25) is 0 Å². The first-order chi connectivity index (χ1) is 4.74. The molecule has 0 bridgehead atoms. The van der Waals surface area contributed by atoms with Crippen LogP contribution in [0.3, 0.4) is 0 Å². The molecule has 1 unspecified atom stereocenters. The smallest absolute Gasteiger partial charge is 0.160 e. The quantitative estimate of drug-likeness (QED) is 0.513. The molecule has 0 aliphatic heterocycles. The van der Waals surface area contributed by atoms with Crippen molar-refractivity contribution in [1.29, 1.82) is 0 Å². The Labute approximate surface area is 61.1 Å². The molecule has 56 valence electrons. The molecule has 2 nitrogen and oxygen atoms in total. The molecule has 0 aromatic rings. The van der Waals surface area contributed by atoms with Crippen LogP contribution in [0.15, 0.2) is 11.8 Å². The molecule has 0 radical (unpaired) electrons. The molecule has 0 amide bonds. The van der Waals surface area contributed by atoms with Crippen molar-refractivity contribution in [2.24, 2.45) is 11.7 Å². The molecular formula is C8H13NO. The fraction of sp³-hybridized carbons (Fsp3) is 0.625. The van der Waals surface area contributed by atoms with Crippen LogP contribution >= 0.6 is 0 Å². The highest BCUT2D eigenvalue weighted by atomic mass is 16.1. The van der Waals surface area contributed by atoms with E-state index in [-0.39, 0.29) is 5.78 Å². The van der Waals surface area contributed by atoms with Gasteiger partial charge in [-0.05, 0) is 18.8 Å². The minimum absolute atomic E-state index is 0.237. The summed E-state index contributed by atoms with van der Waals surface area (Å²) >= 11 is 0. The number of nitrogens with two attached hydrogens (primary N) is 1. The van der Waals surface area contributed by atoms with Gasteiger partial charge in [0.15, 0.2) is 5.78 Å². The molecule has 0 spiro atoms. The molecular weight excluding hydrogens is 126 g/mol. The molecule has 0 saturated heterocycles. The van der Waals surface area contributed by atoms with E-state index in [1.807, 2.05) is 0 Å². The second-order valence-electron chi connectivity index (χ2n) is 2.96. The zero-order chi connectivity index (χ0) is 7.56. The van der Waals surface area contributed by atoms with E-state index in [0.717, 1.165) is 18.4 Å². The third-order valence-corrected chi connectivity index (χ3v) is 2.00. The maximum absolute atomic E-state index is 11.1. The molecule has 1 rings (SSSR count). The first-order valence-corrected chi connectivity index (χ1v) is 3.68. The van der Waals surface area contributed by atoms with Crippen LogP contribution in [-0.2, 0) is 4.79 Å². The summed E-state index contributed by atoms with van der Waals surface area (Å²) in [5.41, 5.74) is 6.07. The maximum Gasteiger partial charge on any atom is 0.160 e. The lowest BCUT2D eigenvalue weighted by molar-refractivity contribution is -0.117. The predicted molar refractivity (Wildman–Crippen MR) is 40.3 cm³/mol. The number of rotatable bonds is 0. The average Bonchev–Trinajstić information content (AvgIpc) is 1.88. The molecule has 1 saturated carbocycles. The number of Topliss-reactive ketones (excluding diaryl/α,β-unsaturated/α-hetero) is 1. The highest BCUT2D eigenvalue weighted by molar-refractivity contribution is 5.95. The van der Waals surface area contributed by atoms with Gasteiger partial charge in [0.05, 0.1) is 0 Å². The van der Waals surface area contributed by atoms with Crippen LogP contribution in [0.5, 0.6) is 0 Å². The normalized spacial score (nSPS) is 31.1. The molecule has 0 heterocycles. The largest absolute Gasteiger partial charge is 0.404 e. The Balaban J connectivity index is 2.61. The van der Waals surface area contributed by atoms with Gasteiger partial charge in [0.2, 0.25) is 0 Å². The maximum atomic E-state index is 11.1. The molecule has 0 aromatic carbocycles. The van der Waals surface area contributed by atoms with E-state index < -0.39 is 0 Å². The summed E-state index contributed by atoms with van der Waals surface area (Å²) in [4.78, 5) is 11.1. The number of ketones is 1. The predicted octanol–water partition coefficient (Wildman–Crippen LogP) is 1.22. The molecule has 1 fully saturated rings. The van der Waals surface area contributed by atoms with Gasteiger partial charge in [-0.15, -0.1) is 0 Å². The van der Waals surface area contributed by atoms with Crippen molar-refractivity contribution in [2.75, 3.05) is 0 Å². The van der Waals surface area contributed by atoms with E-state index in [0.29, 0.717) is 12.3 Å². The zero-order valence-corrected chi connectivity index (χ0v) is 6.26. The molecule has 1 aliphatic rings. The number of allylic oxidation sites excluding steroid dienone is 1. The summed E-state index contributed by atoms with van der Waals surface area (Å²) in [5, 5.41) is 0. The van der Waals surface area contributed by atoms with Gasteiger partial charge in [-0.25, -0.2) is 0 Å². The Hall–Kier alpha value is -0.790. The lowest BCUT2D eigenvalue weighted by Crippen LogP contribution is -2.16. The van der Waals surface area contributed by atoms with Crippen molar-refractivity contribution in [2.45, 2.75) is 26.2 Å². The van der Waals surface area contributed by atoms with E-state index >= 15 is 0 Å². The summed E-state index contributed by atoms with van der Waals surface area (Å²) in [7, 11) is 0. The average molecular weight is 139 g/mol. The summed E-state index contributed by atoms with van der Waals surface area (Å²) < 4.78 is 0. The monoisotopic (exact) mass is 139 g/mol. The second kappa shape index (κ2) is 2.86. The summed E-state index contributed by atoms with van der Waals surface area (Å²) in [6.07, 6.45) is 4.11. The molecule has 10 heavy (non-hydrogen) atoms. The fourth-order valence-corrected chi connectivity index (χ4v) is 1.27. The van der Waals surface area contributed by atoms with Gasteiger partial charge >= 0.3 is 0 Å². The lowest BCUT2D eigenvalue weighted by atomic mass is 9.87. The Bertz CT molecular complexity index is 172. The Morgan fingerprint density at radius 2 is 2.40 bits per heavy atom. The molecule has 2 N–H and O–H groups in total. The van der Waals surface area contributed by atoms with Crippen molar-refractivity contribution >= 4 is 5.78 Å². The van der Waals surface area contributed by atoms with Crippen LogP contribution in [-0.4, -0.2) is 5.78 Å².